The van der Waals surface area contributed by atoms with E-state index in [2.05, 4.69) is 5.01 Å². The zero-order valence-corrected chi connectivity index (χ0v) is 15.4. The molecule has 7 heteroatoms. The smallest absolute Gasteiger partial charge is 0.253 e. The number of amides is 2. The second-order valence-electron chi connectivity index (χ2n) is 7.36. The highest BCUT2D eigenvalue weighted by molar-refractivity contribution is 6.24. The summed E-state index contributed by atoms with van der Waals surface area (Å²) in [4.78, 5) is 27.8. The average Bonchev–Trinajstić information content (AvgIpc) is 3.35. The molecule has 3 aliphatic heterocycles. The van der Waals surface area contributed by atoms with Crippen LogP contribution in [0.25, 0.3) is 0 Å². The van der Waals surface area contributed by atoms with E-state index in [1.807, 2.05) is 29.3 Å². The van der Waals surface area contributed by atoms with E-state index < -0.39 is 17.8 Å². The van der Waals surface area contributed by atoms with Gasteiger partial charge in [0.25, 0.3) is 5.91 Å². The number of carbonyl (C=O) groups excluding carboxylic acids is 2. The number of ether oxygens (including phenoxy) is 1. The molecule has 0 saturated carbocycles. The maximum atomic E-state index is 13.4. The fourth-order valence-corrected chi connectivity index (χ4v) is 4.76. The number of benzene rings is 2. The van der Waals surface area contributed by atoms with Crippen LogP contribution in [0.3, 0.4) is 0 Å². The monoisotopic (exact) mass is 381 g/mol. The molecule has 3 atom stereocenters. The first-order valence-corrected chi connectivity index (χ1v) is 9.40. The van der Waals surface area contributed by atoms with Crippen molar-refractivity contribution < 1.29 is 18.7 Å². The van der Waals surface area contributed by atoms with Crippen LogP contribution >= 0.6 is 0 Å². The van der Waals surface area contributed by atoms with Crippen LogP contribution in [0.1, 0.15) is 18.0 Å². The van der Waals surface area contributed by atoms with Crippen molar-refractivity contribution in [2.45, 2.75) is 18.5 Å². The third-order valence-corrected chi connectivity index (χ3v) is 5.95. The first-order chi connectivity index (χ1) is 13.6. The number of hydrazine groups is 1. The molecule has 2 aromatic rings. The van der Waals surface area contributed by atoms with Gasteiger partial charge in [0.1, 0.15) is 17.6 Å². The predicted octanol–water partition coefficient (Wildman–Crippen LogP) is 2.37. The Hall–Kier alpha value is -2.77. The third kappa shape index (κ3) is 2.40. The summed E-state index contributed by atoms with van der Waals surface area (Å²) in [5.74, 6) is -0.587. The van der Waals surface area contributed by atoms with Crippen LogP contribution in [0, 0.1) is 11.7 Å². The number of carbonyl (C=O) groups is 2. The fraction of sp³-hybridized carbons (Fsp3) is 0.333. The van der Waals surface area contributed by atoms with Crippen molar-refractivity contribution in [2.75, 3.05) is 25.1 Å². The van der Waals surface area contributed by atoms with Crippen LogP contribution in [0.4, 0.5) is 10.1 Å². The van der Waals surface area contributed by atoms with Gasteiger partial charge in [-0.3, -0.25) is 9.59 Å². The molecule has 144 valence electrons. The maximum absolute atomic E-state index is 13.4. The van der Waals surface area contributed by atoms with E-state index in [0.717, 1.165) is 30.8 Å². The standard InChI is InChI=1S/C21H20FN3O3/c1-28-16-9-3-13(4-10-16)18-17-19(24-12-2-11-23(18)24)21(27)25(20(17)26)15-7-5-14(22)6-8-15/h3-10,17-19H,2,11-12H2,1H3/t17-,18-,19+/m1/s1. The third-order valence-electron chi connectivity index (χ3n) is 5.95. The highest BCUT2D eigenvalue weighted by Crippen LogP contribution is 2.49. The number of rotatable bonds is 3. The highest BCUT2D eigenvalue weighted by atomic mass is 19.1. The van der Waals surface area contributed by atoms with Crippen molar-refractivity contribution in [2.24, 2.45) is 5.92 Å². The summed E-state index contributed by atoms with van der Waals surface area (Å²) in [5, 5.41) is 4.21. The molecular formula is C21H20FN3O3. The van der Waals surface area contributed by atoms with Crippen molar-refractivity contribution >= 4 is 17.5 Å². The minimum Gasteiger partial charge on any atom is -0.497 e. The molecule has 0 spiro atoms. The molecule has 2 aromatic carbocycles. The molecule has 0 aromatic heterocycles. The molecule has 0 aliphatic carbocycles. The second kappa shape index (κ2) is 6.39. The molecule has 3 fully saturated rings. The molecular weight excluding hydrogens is 361 g/mol. The Kier molecular flexibility index (Phi) is 3.96. The SMILES string of the molecule is COc1ccc([C@@H]2[C@H]3C(=O)N(c4ccc(F)cc4)C(=O)[C@H]3N3CCCN23)cc1. The van der Waals surface area contributed by atoms with Gasteiger partial charge in [-0.05, 0) is 48.4 Å². The molecule has 5 rings (SSSR count). The molecule has 3 saturated heterocycles. The van der Waals surface area contributed by atoms with Gasteiger partial charge in [0.2, 0.25) is 5.91 Å². The summed E-state index contributed by atoms with van der Waals surface area (Å²) in [6.07, 6.45) is 0.952. The quantitative estimate of drug-likeness (QED) is 0.764. The Morgan fingerprint density at radius 1 is 0.893 bits per heavy atom. The average molecular weight is 381 g/mol. The Labute approximate surface area is 162 Å². The number of anilines is 1. The van der Waals surface area contributed by atoms with Gasteiger partial charge in [-0.15, -0.1) is 0 Å². The van der Waals surface area contributed by atoms with E-state index in [9.17, 15) is 14.0 Å². The summed E-state index contributed by atoms with van der Waals surface area (Å²) in [5.41, 5.74) is 1.41. The van der Waals surface area contributed by atoms with E-state index in [1.54, 1.807) is 7.11 Å². The summed E-state index contributed by atoms with van der Waals surface area (Å²) in [6.45, 7) is 1.57. The van der Waals surface area contributed by atoms with Crippen molar-refractivity contribution in [1.29, 1.82) is 0 Å². The van der Waals surface area contributed by atoms with Crippen LogP contribution in [-0.2, 0) is 9.59 Å². The molecule has 6 nitrogen and oxygen atoms in total. The Morgan fingerprint density at radius 3 is 2.18 bits per heavy atom. The molecule has 3 heterocycles. The van der Waals surface area contributed by atoms with Gasteiger partial charge in [-0.2, -0.15) is 0 Å². The van der Waals surface area contributed by atoms with Crippen LogP contribution in [0.15, 0.2) is 48.5 Å². The van der Waals surface area contributed by atoms with E-state index in [0.29, 0.717) is 5.69 Å². The highest BCUT2D eigenvalue weighted by Gasteiger charge is 2.62. The number of hydrogen-bond acceptors (Lipinski definition) is 5. The summed E-state index contributed by atoms with van der Waals surface area (Å²) in [7, 11) is 1.61. The number of methoxy groups -OCH3 is 1. The number of fused-ring (bicyclic) bond motifs is 3. The molecule has 0 bridgehead atoms. The van der Waals surface area contributed by atoms with Crippen LogP contribution in [0.5, 0.6) is 5.75 Å². The van der Waals surface area contributed by atoms with E-state index in [-0.39, 0.29) is 17.9 Å². The van der Waals surface area contributed by atoms with E-state index in [1.165, 1.54) is 29.2 Å². The summed E-state index contributed by atoms with van der Waals surface area (Å²) in [6, 6.07) is 12.5. The summed E-state index contributed by atoms with van der Waals surface area (Å²) >= 11 is 0. The zero-order chi connectivity index (χ0) is 19.4. The number of nitrogens with zero attached hydrogens (tertiary/aromatic N) is 3. The van der Waals surface area contributed by atoms with Gasteiger partial charge in [-0.1, -0.05) is 12.1 Å². The van der Waals surface area contributed by atoms with Crippen LogP contribution < -0.4 is 9.64 Å². The first kappa shape index (κ1) is 17.3. The first-order valence-electron chi connectivity index (χ1n) is 9.40. The van der Waals surface area contributed by atoms with Gasteiger partial charge >= 0.3 is 0 Å². The van der Waals surface area contributed by atoms with E-state index in [4.69, 9.17) is 4.74 Å². The van der Waals surface area contributed by atoms with Gasteiger partial charge in [0.15, 0.2) is 0 Å². The molecule has 0 radical (unpaired) electrons. The Morgan fingerprint density at radius 2 is 1.54 bits per heavy atom. The lowest BCUT2D eigenvalue weighted by Crippen LogP contribution is -2.44. The number of halogens is 1. The minimum absolute atomic E-state index is 0.194. The zero-order valence-electron chi connectivity index (χ0n) is 15.4. The molecule has 0 N–H and O–H groups in total. The molecule has 28 heavy (non-hydrogen) atoms. The Balaban J connectivity index is 1.55. The second-order valence-corrected chi connectivity index (χ2v) is 7.36. The topological polar surface area (TPSA) is 53.1 Å². The lowest BCUT2D eigenvalue weighted by atomic mass is 9.90. The fourth-order valence-electron chi connectivity index (χ4n) is 4.76. The number of imide groups is 1. The van der Waals surface area contributed by atoms with Gasteiger partial charge in [0.05, 0.1) is 24.8 Å². The van der Waals surface area contributed by atoms with Gasteiger partial charge < -0.3 is 4.74 Å². The Bertz CT molecular complexity index is 931. The van der Waals surface area contributed by atoms with Crippen LogP contribution in [-0.4, -0.2) is 48.1 Å². The van der Waals surface area contributed by atoms with Gasteiger partial charge in [0, 0.05) is 13.1 Å². The lowest BCUT2D eigenvalue weighted by molar-refractivity contribution is -0.126. The van der Waals surface area contributed by atoms with Crippen molar-refractivity contribution in [3.63, 3.8) is 0 Å². The molecule has 2 amide bonds. The van der Waals surface area contributed by atoms with Crippen LogP contribution in [0.2, 0.25) is 0 Å². The van der Waals surface area contributed by atoms with Crippen molar-refractivity contribution in [1.82, 2.24) is 10.0 Å². The predicted molar refractivity (Wildman–Crippen MR) is 99.9 cm³/mol. The lowest BCUT2D eigenvalue weighted by Gasteiger charge is -2.29. The van der Waals surface area contributed by atoms with Crippen molar-refractivity contribution in [3.8, 4) is 5.75 Å². The van der Waals surface area contributed by atoms with Crippen molar-refractivity contribution in [3.05, 3.63) is 59.9 Å². The molecule has 3 aliphatic rings. The molecule has 0 unspecified atom stereocenters. The minimum atomic E-state index is -0.507. The summed E-state index contributed by atoms with van der Waals surface area (Å²) < 4.78 is 18.6. The largest absolute Gasteiger partial charge is 0.497 e. The van der Waals surface area contributed by atoms with E-state index >= 15 is 0 Å². The normalized spacial score (nSPS) is 27.4. The maximum Gasteiger partial charge on any atom is 0.253 e. The van der Waals surface area contributed by atoms with Gasteiger partial charge in [-0.25, -0.2) is 19.3 Å². The number of hydrogen-bond donors (Lipinski definition) is 0.